The maximum atomic E-state index is 6.04. The average Bonchev–Trinajstić information content (AvgIpc) is 3.02. The maximum Gasteiger partial charge on any atom is -0.147 e. The zero-order valence-electron chi connectivity index (χ0n) is 23.2. The molecule has 0 heterocycles. The van der Waals surface area contributed by atoms with Crippen molar-refractivity contribution in [2.75, 3.05) is 7.11 Å². The van der Waals surface area contributed by atoms with Crippen molar-refractivity contribution < 1.29 is 24.2 Å². The van der Waals surface area contributed by atoms with E-state index in [1.807, 2.05) is 10.4 Å². The molecule has 1 N–H and O–H groups in total. The van der Waals surface area contributed by atoms with E-state index in [0.717, 1.165) is 5.75 Å². The third kappa shape index (κ3) is 7.82. The van der Waals surface area contributed by atoms with E-state index in [4.69, 9.17) is 4.74 Å². The molecule has 0 aliphatic heterocycles. The number of halogens is 2. The molecule has 0 amide bonds. The van der Waals surface area contributed by atoms with Crippen LogP contribution in [0, 0.1) is 5.92 Å². The summed E-state index contributed by atoms with van der Waals surface area (Å²) in [5, 5.41) is 0. The Morgan fingerprint density at radius 3 is 1.80 bits per heavy atom. The predicted molar refractivity (Wildman–Crippen MR) is 159 cm³/mol. The molecule has 0 aromatic heterocycles. The molecular weight excluding hydrogens is 656 g/mol. The van der Waals surface area contributed by atoms with Crippen LogP contribution in [-0.4, -0.2) is 19.9 Å². The summed E-state index contributed by atoms with van der Waals surface area (Å²) in [6.07, 6.45) is 15.5. The van der Waals surface area contributed by atoms with Gasteiger partial charge in [-0.05, 0) is 0 Å². The average molecular weight is 707 g/mol. The molecule has 2 nitrogen and oxygen atoms in total. The number of benzene rings is 1. The number of methoxy groups -OCH3 is 1. The van der Waals surface area contributed by atoms with Gasteiger partial charge in [-0.15, -0.1) is 24.8 Å². The summed E-state index contributed by atoms with van der Waals surface area (Å²) in [7, 11) is 1.87. The third-order valence-corrected chi connectivity index (χ3v) is 43.4. The second kappa shape index (κ2) is 16.2. The van der Waals surface area contributed by atoms with E-state index in [9.17, 15) is 0 Å². The second-order valence-corrected chi connectivity index (χ2v) is 39.1. The van der Waals surface area contributed by atoms with Crippen LogP contribution in [0.5, 0.6) is 5.75 Å². The van der Waals surface area contributed by atoms with Crippen molar-refractivity contribution in [3.05, 3.63) is 44.3 Å². The van der Waals surface area contributed by atoms with E-state index >= 15 is 0 Å². The smallest absolute Gasteiger partial charge is 0.147 e. The van der Waals surface area contributed by atoms with Crippen LogP contribution in [0.2, 0.25) is 6.55 Å². The van der Waals surface area contributed by atoms with Gasteiger partial charge in [0.15, 0.2) is 0 Å². The Labute approximate surface area is 234 Å². The Bertz CT molecular complexity index is 847. The molecule has 6 heteroatoms. The summed E-state index contributed by atoms with van der Waals surface area (Å²) in [6, 6.07) is 9.76. The van der Waals surface area contributed by atoms with Crippen LogP contribution in [0.4, 0.5) is 0 Å². The van der Waals surface area contributed by atoms with Crippen molar-refractivity contribution in [3.8, 4) is 5.75 Å². The van der Waals surface area contributed by atoms with E-state index in [-0.39, 0.29) is 31.5 Å². The number of nitrogens with one attached hydrogen (secondary N) is 1. The van der Waals surface area contributed by atoms with Gasteiger partial charge in [0.05, 0.1) is 0 Å². The molecule has 35 heavy (non-hydrogen) atoms. The SMILES string of the molecule is COc1cccc[c]1[Hf]([NH]C1CCCCCCCCCCC1)([SiH2]C)[C]1=C(C)C(C)=C(C)C1C.Cl.Cl. The molecule has 2 atom stereocenters. The first kappa shape index (κ1) is 33.2. The van der Waals surface area contributed by atoms with Gasteiger partial charge in [-0.2, -0.15) is 0 Å². The summed E-state index contributed by atoms with van der Waals surface area (Å²) in [5.74, 6) is 1.73. The van der Waals surface area contributed by atoms with Crippen molar-refractivity contribution in [2.24, 2.45) is 5.92 Å². The van der Waals surface area contributed by atoms with Crippen LogP contribution in [-0.2, 0) is 19.4 Å². The molecule has 1 fully saturated rings. The summed E-state index contributed by atoms with van der Waals surface area (Å²) in [4.78, 5) is 0. The van der Waals surface area contributed by atoms with Crippen molar-refractivity contribution >= 4 is 34.8 Å². The summed E-state index contributed by atoms with van der Waals surface area (Å²) < 4.78 is 14.1. The van der Waals surface area contributed by atoms with Crippen LogP contribution in [0.1, 0.15) is 98.3 Å². The Hall–Kier alpha value is 0.127. The topological polar surface area (TPSA) is 21.3 Å². The van der Waals surface area contributed by atoms with Gasteiger partial charge in [-0.1, -0.05) is 0 Å². The molecule has 0 saturated heterocycles. The fraction of sp³-hybridized carbons (Fsp3) is 0.655. The summed E-state index contributed by atoms with van der Waals surface area (Å²) in [6.45, 7) is 12.0. The number of hydrogen-bond acceptors (Lipinski definition) is 2. The van der Waals surface area contributed by atoms with Gasteiger partial charge in [0, 0.05) is 0 Å². The first-order chi connectivity index (χ1) is 16.0. The fourth-order valence-electron chi connectivity index (χ4n) is 6.49. The number of para-hydroxylation sites is 1. The minimum atomic E-state index is -3.27. The van der Waals surface area contributed by atoms with E-state index in [1.54, 1.807) is 20.0 Å². The van der Waals surface area contributed by atoms with Gasteiger partial charge in [-0.25, -0.2) is 0 Å². The molecule has 1 aromatic rings. The predicted octanol–water partition coefficient (Wildman–Crippen LogP) is 7.89. The van der Waals surface area contributed by atoms with Crippen molar-refractivity contribution in [2.45, 2.75) is 111 Å². The largest absolute Gasteiger partial charge is 0.147 e. The molecular formula is C29H51Cl2HfNOSi. The molecule has 0 radical (unpaired) electrons. The monoisotopic (exact) mass is 707 g/mol. The van der Waals surface area contributed by atoms with Gasteiger partial charge in [0.25, 0.3) is 0 Å². The van der Waals surface area contributed by atoms with Crippen LogP contribution in [0.25, 0.3) is 0 Å². The molecule has 2 aliphatic rings. The van der Waals surface area contributed by atoms with Gasteiger partial charge >= 0.3 is 211 Å². The fourth-order valence-corrected chi connectivity index (χ4v) is 43.0. The standard InChI is InChI=1S/C12H24N.C9H13.C7H7O.CH5Si.2ClH.Hf/c13-12-10-8-6-4-2-1-3-5-7-9-11-12;1-6-5-7(2)9(4)8(6)3;1-8-7-5-3-2-4-6-7;1-2;;;/h12-13H,1-11H2;6H,1-4H3;2-5H,1H3;2H2,1H3;2*1H;/q-1;;;;;;+1. The van der Waals surface area contributed by atoms with Crippen LogP contribution in [0.15, 0.2) is 44.3 Å². The van der Waals surface area contributed by atoms with E-state index in [1.165, 1.54) is 70.6 Å². The van der Waals surface area contributed by atoms with Crippen molar-refractivity contribution in [3.63, 3.8) is 0 Å². The summed E-state index contributed by atoms with van der Waals surface area (Å²) in [5.41, 5.74) is 4.77. The molecule has 200 valence electrons. The maximum absolute atomic E-state index is 6.04. The molecule has 2 aliphatic carbocycles. The van der Waals surface area contributed by atoms with Crippen LogP contribution in [0.3, 0.4) is 0 Å². The van der Waals surface area contributed by atoms with Crippen molar-refractivity contribution in [1.82, 2.24) is 3.30 Å². The molecule has 2 unspecified atom stereocenters. The van der Waals surface area contributed by atoms with Crippen molar-refractivity contribution in [1.29, 1.82) is 0 Å². The molecule has 1 aromatic carbocycles. The van der Waals surface area contributed by atoms with E-state index in [0.29, 0.717) is 12.0 Å². The first-order valence-corrected chi connectivity index (χ1v) is 28.9. The molecule has 1 saturated carbocycles. The van der Waals surface area contributed by atoms with Gasteiger partial charge in [0.1, 0.15) is 0 Å². The number of hydrogen-bond donors (Lipinski definition) is 1. The van der Waals surface area contributed by atoms with Crippen LogP contribution < -0.4 is 11.4 Å². The number of ether oxygens (including phenoxy) is 1. The molecule has 3 rings (SSSR count). The molecule has 0 spiro atoms. The normalized spacial score (nSPS) is 22.7. The van der Waals surface area contributed by atoms with Crippen LogP contribution >= 0.6 is 24.8 Å². The second-order valence-electron chi connectivity index (χ2n) is 10.6. The number of rotatable bonds is 6. The Balaban J connectivity index is 0.00000306. The Kier molecular flexibility index (Phi) is 15.3. The number of allylic oxidation sites excluding steroid dienone is 4. The van der Waals surface area contributed by atoms with Gasteiger partial charge in [0.2, 0.25) is 0 Å². The van der Waals surface area contributed by atoms with E-state index in [2.05, 4.69) is 61.8 Å². The minimum Gasteiger partial charge on any atom is -0.147 e. The minimum absolute atomic E-state index is 0. The quantitative estimate of drug-likeness (QED) is 0.304. The zero-order valence-corrected chi connectivity index (χ0v) is 29.8. The third-order valence-electron chi connectivity index (χ3n) is 8.75. The Morgan fingerprint density at radius 1 is 0.829 bits per heavy atom. The molecule has 0 bridgehead atoms. The summed E-state index contributed by atoms with van der Waals surface area (Å²) >= 11 is -3.27. The van der Waals surface area contributed by atoms with Gasteiger partial charge < -0.3 is 0 Å². The van der Waals surface area contributed by atoms with Gasteiger partial charge in [-0.3, -0.25) is 0 Å². The zero-order chi connectivity index (χ0) is 23.8. The Morgan fingerprint density at radius 2 is 1.34 bits per heavy atom. The van der Waals surface area contributed by atoms with E-state index < -0.39 is 19.4 Å². The first-order valence-electron chi connectivity index (χ1n) is 13.8.